The first-order valence-electron chi connectivity index (χ1n) is 20.5. The van der Waals surface area contributed by atoms with Crippen LogP contribution in [0, 0.1) is 39.0 Å². The van der Waals surface area contributed by atoms with Gasteiger partial charge in [0.15, 0.2) is 0 Å². The third-order valence-corrected chi connectivity index (χ3v) is 14.1. The van der Waals surface area contributed by atoms with Crippen LogP contribution in [0.2, 0.25) is 0 Å². The fraction of sp³-hybridized carbons (Fsp3) is 0.123. The van der Waals surface area contributed by atoms with Crippen molar-refractivity contribution >= 4 is 49.0 Å². The van der Waals surface area contributed by atoms with Gasteiger partial charge in [0.05, 0.1) is 0 Å². The Balaban J connectivity index is 1.13. The van der Waals surface area contributed by atoms with E-state index in [1.165, 1.54) is 132 Å². The van der Waals surface area contributed by atoms with E-state index >= 15 is 0 Å². The maximum Gasteiger partial charge on any atom is 0.0290 e. The molecule has 12 rings (SSSR count). The van der Waals surface area contributed by atoms with Gasteiger partial charge in [0.1, 0.15) is 0 Å². The summed E-state index contributed by atoms with van der Waals surface area (Å²) in [6, 6.07) is 48.4. The Morgan fingerprint density at radius 3 is 1.47 bits per heavy atom. The van der Waals surface area contributed by atoms with Crippen LogP contribution in [0.5, 0.6) is 0 Å². The van der Waals surface area contributed by atoms with Crippen LogP contribution >= 0.6 is 0 Å². The van der Waals surface area contributed by atoms with Crippen LogP contribution in [0.15, 0.2) is 158 Å². The van der Waals surface area contributed by atoms with E-state index in [0.29, 0.717) is 0 Å². The summed E-state index contributed by atoms with van der Waals surface area (Å²) in [6.45, 7) is 11.5. The van der Waals surface area contributed by atoms with Gasteiger partial charge in [-0.3, -0.25) is 0 Å². The minimum atomic E-state index is -0.158. The second-order valence-electron chi connectivity index (χ2n) is 17.1. The van der Waals surface area contributed by atoms with Crippen molar-refractivity contribution in [2.75, 3.05) is 0 Å². The molecule has 0 saturated carbocycles. The molecule has 0 amide bonds. The Kier molecular flexibility index (Phi) is 6.62. The zero-order chi connectivity index (χ0) is 38.3. The number of fused-ring (bicyclic) bond motifs is 8. The van der Waals surface area contributed by atoms with Gasteiger partial charge in [-0.1, -0.05) is 176 Å². The van der Waals surface area contributed by atoms with Crippen molar-refractivity contribution in [1.82, 2.24) is 0 Å². The molecule has 0 aliphatic heterocycles. The Bertz CT molecular complexity index is 3150. The zero-order valence-electron chi connectivity index (χ0n) is 33.1. The average molecular weight is 727 g/mol. The lowest BCUT2D eigenvalue weighted by molar-refractivity contribution is 0.513. The van der Waals surface area contributed by atoms with E-state index in [2.05, 4.69) is 192 Å². The van der Waals surface area contributed by atoms with Crippen molar-refractivity contribution in [2.24, 2.45) is 11.3 Å². The van der Waals surface area contributed by atoms with E-state index in [1.807, 2.05) is 0 Å². The quantitative estimate of drug-likeness (QED) is 0.170. The molecule has 8 aromatic rings. The summed E-state index contributed by atoms with van der Waals surface area (Å²) < 4.78 is 0. The molecule has 8 aromatic carbocycles. The molecule has 2 atom stereocenters. The van der Waals surface area contributed by atoms with Crippen LogP contribution in [0.4, 0.5) is 0 Å². The van der Waals surface area contributed by atoms with Crippen molar-refractivity contribution in [2.45, 2.75) is 34.6 Å². The van der Waals surface area contributed by atoms with E-state index < -0.39 is 0 Å². The van der Waals surface area contributed by atoms with Gasteiger partial charge in [-0.2, -0.15) is 0 Å². The number of rotatable bonds is 3. The highest BCUT2D eigenvalue weighted by Crippen LogP contribution is 2.67. The maximum absolute atomic E-state index is 2.51. The van der Waals surface area contributed by atoms with Crippen molar-refractivity contribution in [1.29, 1.82) is 0 Å². The minimum Gasteiger partial charge on any atom is -0.0758 e. The van der Waals surface area contributed by atoms with Gasteiger partial charge < -0.3 is 0 Å². The molecule has 57 heavy (non-hydrogen) atoms. The monoisotopic (exact) mass is 726 g/mol. The number of hydrogen-bond acceptors (Lipinski definition) is 0. The fourth-order valence-electron chi connectivity index (χ4n) is 11.5. The van der Waals surface area contributed by atoms with E-state index in [0.717, 1.165) is 0 Å². The molecule has 270 valence electrons. The molecular weight excluding hydrogens is 685 g/mol. The minimum absolute atomic E-state index is 0.158. The summed E-state index contributed by atoms with van der Waals surface area (Å²) in [5.74, 6) is 0.210. The molecule has 0 nitrogen and oxygen atoms in total. The topological polar surface area (TPSA) is 0 Å². The van der Waals surface area contributed by atoms with Gasteiger partial charge in [-0.25, -0.2) is 0 Å². The molecule has 0 aromatic heterocycles. The molecule has 0 spiro atoms. The lowest BCUT2D eigenvalue weighted by atomic mass is 9.61. The largest absolute Gasteiger partial charge is 0.0758 e. The predicted octanol–water partition coefficient (Wildman–Crippen LogP) is 15.4. The maximum atomic E-state index is 2.51. The Morgan fingerprint density at radius 1 is 0.404 bits per heavy atom. The molecule has 0 fully saturated rings. The van der Waals surface area contributed by atoms with Crippen molar-refractivity contribution in [3.63, 3.8) is 0 Å². The fourth-order valence-corrected chi connectivity index (χ4v) is 11.5. The molecule has 0 bridgehead atoms. The SMILES string of the molecule is Cc1ccc(-c2c3c(c(-c4ccc(C)cc4)c4ccccc24)-c2ccc(C4=CC=C5c6c(c(C)c7ccccc7c6C)C6=CC=CC4C65C)c4cccc-3c24)cc1. The van der Waals surface area contributed by atoms with Crippen LogP contribution in [0.25, 0.3) is 93.5 Å². The number of benzene rings is 8. The lowest BCUT2D eigenvalue weighted by Crippen LogP contribution is -2.30. The van der Waals surface area contributed by atoms with Crippen molar-refractivity contribution in [3.05, 3.63) is 197 Å². The smallest absolute Gasteiger partial charge is 0.0290 e. The highest BCUT2D eigenvalue weighted by molar-refractivity contribution is 6.28. The van der Waals surface area contributed by atoms with Crippen LogP contribution in [-0.2, 0) is 0 Å². The van der Waals surface area contributed by atoms with Gasteiger partial charge in [-0.05, 0) is 149 Å². The van der Waals surface area contributed by atoms with Gasteiger partial charge in [-0.15, -0.1) is 0 Å². The first-order valence-corrected chi connectivity index (χ1v) is 20.5. The Labute approximate surface area is 334 Å². The van der Waals surface area contributed by atoms with E-state index in [1.54, 1.807) is 0 Å². The average Bonchev–Trinajstić information content (AvgIpc) is 3.71. The molecule has 0 heterocycles. The standard InChI is InChI=1S/C57H42/c1-32-20-24-36(25-21-32)52-43-14-8-9-15-44(43)53(37-26-22-33(2)23-27-37)56-46-29-28-40(42-16-10-17-45(54(42)46)55(52)56)41-30-31-49-51-35(4)39-13-7-6-12-38(39)34(3)50(51)48-19-11-18-47(41)57(48,49)5/h6-31,47H,1-5H3. The van der Waals surface area contributed by atoms with Crippen LogP contribution in [-0.4, -0.2) is 0 Å². The van der Waals surface area contributed by atoms with Crippen molar-refractivity contribution in [3.8, 4) is 44.5 Å². The highest BCUT2D eigenvalue weighted by Gasteiger charge is 2.51. The molecule has 0 radical (unpaired) electrons. The molecular formula is C57H42. The third kappa shape index (κ3) is 4.18. The summed E-state index contributed by atoms with van der Waals surface area (Å²) in [6.07, 6.45) is 12.2. The first kappa shape index (κ1) is 32.7. The van der Waals surface area contributed by atoms with E-state index in [4.69, 9.17) is 0 Å². The molecule has 2 unspecified atom stereocenters. The van der Waals surface area contributed by atoms with Gasteiger partial charge in [0.2, 0.25) is 0 Å². The Morgan fingerprint density at radius 2 is 0.895 bits per heavy atom. The van der Waals surface area contributed by atoms with Crippen molar-refractivity contribution < 1.29 is 0 Å². The van der Waals surface area contributed by atoms with Gasteiger partial charge >= 0.3 is 0 Å². The molecule has 0 heteroatoms. The summed E-state index contributed by atoms with van der Waals surface area (Å²) in [7, 11) is 0. The summed E-state index contributed by atoms with van der Waals surface area (Å²) in [5, 5.41) is 8.03. The van der Waals surface area contributed by atoms with Gasteiger partial charge in [0, 0.05) is 11.3 Å². The van der Waals surface area contributed by atoms with Crippen LogP contribution < -0.4 is 0 Å². The zero-order valence-corrected chi connectivity index (χ0v) is 33.1. The van der Waals surface area contributed by atoms with E-state index in [-0.39, 0.29) is 11.3 Å². The second-order valence-corrected chi connectivity index (χ2v) is 17.1. The molecule has 4 aliphatic rings. The summed E-state index contributed by atoms with van der Waals surface area (Å²) in [4.78, 5) is 0. The van der Waals surface area contributed by atoms with Gasteiger partial charge in [0.25, 0.3) is 0 Å². The van der Waals surface area contributed by atoms with E-state index in [9.17, 15) is 0 Å². The number of allylic oxidation sites excluding steroid dienone is 8. The molecule has 0 N–H and O–H groups in total. The number of aryl methyl sites for hydroxylation is 4. The highest BCUT2D eigenvalue weighted by atomic mass is 14.5. The van der Waals surface area contributed by atoms with Crippen LogP contribution in [0.3, 0.4) is 0 Å². The van der Waals surface area contributed by atoms with Crippen LogP contribution in [0.1, 0.15) is 45.9 Å². The first-order chi connectivity index (χ1) is 27.8. The Hall–Kier alpha value is -6.50. The summed E-state index contributed by atoms with van der Waals surface area (Å²) in [5.41, 5.74) is 24.3. The second kappa shape index (κ2) is 11.5. The third-order valence-electron chi connectivity index (χ3n) is 14.1. The summed E-state index contributed by atoms with van der Waals surface area (Å²) >= 11 is 0. The number of hydrogen-bond donors (Lipinski definition) is 0. The molecule has 0 saturated heterocycles. The predicted molar refractivity (Wildman–Crippen MR) is 244 cm³/mol. The normalized spacial score (nSPS) is 18.4. The lowest BCUT2D eigenvalue weighted by Gasteiger charge is -2.41. The molecule has 4 aliphatic carbocycles.